The van der Waals surface area contributed by atoms with Crippen LogP contribution in [0.15, 0.2) is 18.2 Å². The van der Waals surface area contributed by atoms with Gasteiger partial charge in [0.1, 0.15) is 5.69 Å². The van der Waals surface area contributed by atoms with Gasteiger partial charge in [0.25, 0.3) is 5.91 Å². The van der Waals surface area contributed by atoms with Gasteiger partial charge < -0.3 is 15.0 Å². The first kappa shape index (κ1) is 27.9. The lowest BCUT2D eigenvalue weighted by atomic mass is 9.82. The van der Waals surface area contributed by atoms with E-state index in [1.165, 1.54) is 6.07 Å². The molecule has 1 saturated carbocycles. The maximum atomic E-state index is 13.6. The van der Waals surface area contributed by atoms with Crippen molar-refractivity contribution >= 4 is 40.9 Å². The number of halogens is 3. The number of carboxylic acid groups (broad SMARTS) is 1. The Morgan fingerprint density at radius 2 is 1.84 bits per heavy atom. The molecule has 0 radical (unpaired) electrons. The van der Waals surface area contributed by atoms with E-state index in [2.05, 4.69) is 5.32 Å². The summed E-state index contributed by atoms with van der Waals surface area (Å²) in [5.41, 5.74) is 0.610. The Balaban J connectivity index is 1.52. The van der Waals surface area contributed by atoms with Crippen molar-refractivity contribution in [3.63, 3.8) is 0 Å². The molecule has 1 unspecified atom stereocenters. The van der Waals surface area contributed by atoms with Gasteiger partial charge in [0, 0.05) is 43.3 Å². The lowest BCUT2D eigenvalue weighted by molar-refractivity contribution is -0.844. The summed E-state index contributed by atoms with van der Waals surface area (Å²) in [7, 11) is 0. The molecule has 1 aliphatic heterocycles. The Labute approximate surface area is 223 Å². The molecule has 1 fully saturated rings. The summed E-state index contributed by atoms with van der Waals surface area (Å²) in [4.78, 5) is 51.5. The van der Waals surface area contributed by atoms with Gasteiger partial charge >= 0.3 is 17.7 Å². The number of aromatic nitrogens is 1. The van der Waals surface area contributed by atoms with Gasteiger partial charge in [-0.05, 0) is 57.1 Å². The summed E-state index contributed by atoms with van der Waals surface area (Å²) in [6.07, 6.45) is 4.92. The van der Waals surface area contributed by atoms with Gasteiger partial charge in [-0.2, -0.15) is 0 Å². The van der Waals surface area contributed by atoms with E-state index >= 15 is 0 Å². The smallest absolute Gasteiger partial charge is 0.387 e. The molecule has 0 bridgehead atoms. The Hall–Kier alpha value is -3.11. The quantitative estimate of drug-likeness (QED) is 0.326. The van der Waals surface area contributed by atoms with Crippen LogP contribution in [0.2, 0.25) is 5.02 Å². The molecule has 2 aromatic rings. The number of ketones is 1. The number of nitrogens with zero attached hydrogens (tertiary/aromatic N) is 1. The highest BCUT2D eigenvalue weighted by atomic mass is 35.5. The van der Waals surface area contributed by atoms with Gasteiger partial charge in [-0.15, -0.1) is 0 Å². The molecule has 8 nitrogen and oxygen atoms in total. The molecule has 1 aromatic carbocycles. The van der Waals surface area contributed by atoms with Crippen LogP contribution in [0.1, 0.15) is 78.4 Å². The van der Waals surface area contributed by atoms with Crippen molar-refractivity contribution < 1.29 is 38.0 Å². The second-order valence-corrected chi connectivity index (χ2v) is 10.4. The van der Waals surface area contributed by atoms with Gasteiger partial charge in [-0.25, -0.2) is 13.6 Å². The number of fused-ring (bicyclic) bond motifs is 1. The molecule has 2 heterocycles. The number of hydrogen-bond acceptors (Lipinski definition) is 4. The molecule has 1 atom stereocenters. The number of anilines is 1. The van der Waals surface area contributed by atoms with Crippen molar-refractivity contribution in [1.29, 1.82) is 0 Å². The van der Waals surface area contributed by atoms with E-state index in [1.54, 1.807) is 4.57 Å². The summed E-state index contributed by atoms with van der Waals surface area (Å²) in [6, 6.07) is 2.91. The van der Waals surface area contributed by atoms with Crippen molar-refractivity contribution in [1.82, 2.24) is 4.57 Å². The largest absolute Gasteiger partial charge is 0.481 e. The molecular weight excluding hydrogens is 520 g/mol. The molecule has 1 aliphatic carbocycles. The lowest BCUT2D eigenvalue weighted by Crippen LogP contribution is -3.19. The SMILES string of the molecule is CC[NH+](C(=O)C(=O)c1c(Cl)c(C(=O)Nc2ccc(F)c(F)c2)c2n1CCC2)C1CCC(CCC(=O)O)CC1. The van der Waals surface area contributed by atoms with Crippen molar-refractivity contribution in [2.24, 2.45) is 5.92 Å². The highest BCUT2D eigenvalue weighted by Gasteiger charge is 2.41. The summed E-state index contributed by atoms with van der Waals surface area (Å²) < 4.78 is 28.5. The molecule has 0 saturated heterocycles. The van der Waals surface area contributed by atoms with Crippen LogP contribution in [-0.2, 0) is 22.6 Å². The molecule has 3 N–H and O–H groups in total. The highest BCUT2D eigenvalue weighted by molar-refractivity contribution is 6.46. The molecular formula is C27H31ClF2N3O5+. The number of carboxylic acids is 1. The second-order valence-electron chi connectivity index (χ2n) is 10.0. The van der Waals surface area contributed by atoms with Crippen molar-refractivity contribution in [2.75, 3.05) is 11.9 Å². The van der Waals surface area contributed by atoms with E-state index in [9.17, 15) is 28.0 Å². The first-order valence-corrected chi connectivity index (χ1v) is 13.3. The average Bonchev–Trinajstić information content (AvgIpc) is 3.45. The number of amides is 2. The van der Waals surface area contributed by atoms with E-state index in [-0.39, 0.29) is 34.4 Å². The minimum absolute atomic E-state index is 0.0132. The second kappa shape index (κ2) is 11.7. The molecule has 204 valence electrons. The van der Waals surface area contributed by atoms with Crippen LogP contribution in [0.4, 0.5) is 14.5 Å². The van der Waals surface area contributed by atoms with E-state index in [1.807, 2.05) is 6.92 Å². The summed E-state index contributed by atoms with van der Waals surface area (Å²) in [5.74, 6) is -4.71. The molecule has 2 aliphatic rings. The predicted molar refractivity (Wildman–Crippen MR) is 136 cm³/mol. The van der Waals surface area contributed by atoms with Crippen LogP contribution in [0, 0.1) is 17.6 Å². The highest BCUT2D eigenvalue weighted by Crippen LogP contribution is 2.34. The monoisotopic (exact) mass is 550 g/mol. The van der Waals surface area contributed by atoms with Gasteiger partial charge in [0.05, 0.1) is 23.2 Å². The van der Waals surface area contributed by atoms with Crippen molar-refractivity contribution in [3.05, 3.63) is 51.8 Å². The minimum atomic E-state index is -1.11. The molecule has 11 heteroatoms. The van der Waals surface area contributed by atoms with Gasteiger partial charge in [-0.3, -0.25) is 19.3 Å². The van der Waals surface area contributed by atoms with Crippen LogP contribution >= 0.6 is 11.6 Å². The Kier molecular flexibility index (Phi) is 8.62. The molecule has 4 rings (SSSR count). The Morgan fingerprint density at radius 3 is 2.47 bits per heavy atom. The van der Waals surface area contributed by atoms with Crippen molar-refractivity contribution in [2.45, 2.75) is 70.9 Å². The van der Waals surface area contributed by atoms with E-state index < -0.39 is 35.2 Å². The van der Waals surface area contributed by atoms with E-state index in [0.717, 1.165) is 25.0 Å². The third-order valence-electron chi connectivity index (χ3n) is 7.71. The fraction of sp³-hybridized carbons (Fsp3) is 0.481. The maximum Gasteiger partial charge on any atom is 0.387 e. The number of aliphatic carboxylic acids is 1. The zero-order valence-corrected chi connectivity index (χ0v) is 21.9. The van der Waals surface area contributed by atoms with Gasteiger partial charge in [-0.1, -0.05) is 11.6 Å². The third-order valence-corrected chi connectivity index (χ3v) is 8.08. The fourth-order valence-corrected chi connectivity index (χ4v) is 6.16. The zero-order valence-electron chi connectivity index (χ0n) is 21.1. The number of rotatable bonds is 9. The number of carbonyl (C=O) groups is 4. The number of benzene rings is 1. The van der Waals surface area contributed by atoms with Crippen LogP contribution in [0.3, 0.4) is 0 Å². The van der Waals surface area contributed by atoms with Crippen LogP contribution < -0.4 is 10.2 Å². The number of carbonyl (C=O) groups excluding carboxylic acids is 3. The molecule has 1 aromatic heterocycles. The number of quaternary nitrogens is 1. The average molecular weight is 551 g/mol. The minimum Gasteiger partial charge on any atom is -0.481 e. The first-order chi connectivity index (χ1) is 18.1. The van der Waals surface area contributed by atoms with Crippen LogP contribution in [0.25, 0.3) is 0 Å². The number of hydrogen-bond donors (Lipinski definition) is 3. The first-order valence-electron chi connectivity index (χ1n) is 13.0. The van der Waals surface area contributed by atoms with E-state index in [4.69, 9.17) is 16.7 Å². The van der Waals surface area contributed by atoms with Crippen LogP contribution in [-0.4, -0.2) is 45.8 Å². The maximum absolute atomic E-state index is 13.6. The summed E-state index contributed by atoms with van der Waals surface area (Å²) >= 11 is 6.57. The van der Waals surface area contributed by atoms with Gasteiger partial charge in [0.15, 0.2) is 11.6 Å². The third kappa shape index (κ3) is 5.66. The van der Waals surface area contributed by atoms with E-state index in [0.29, 0.717) is 61.7 Å². The lowest BCUT2D eigenvalue weighted by Gasteiger charge is -2.32. The predicted octanol–water partition coefficient (Wildman–Crippen LogP) is 3.66. The zero-order chi connectivity index (χ0) is 27.6. The topological polar surface area (TPSA) is 110 Å². The molecule has 0 spiro atoms. The molecule has 38 heavy (non-hydrogen) atoms. The van der Waals surface area contributed by atoms with Crippen molar-refractivity contribution in [3.8, 4) is 0 Å². The van der Waals surface area contributed by atoms with Gasteiger partial charge in [0.2, 0.25) is 0 Å². The Bertz CT molecular complexity index is 1270. The number of Topliss-reactive ketones (excluding diaryl/α,β-unsaturated/α-hetero) is 1. The van der Waals surface area contributed by atoms with Crippen LogP contribution in [0.5, 0.6) is 0 Å². The number of nitrogens with one attached hydrogen (secondary N) is 2. The summed E-state index contributed by atoms with van der Waals surface area (Å²) in [5, 5.41) is 11.3. The normalized spacial score (nSPS) is 19.6. The number of likely N-dealkylation sites (N-methyl/N-ethyl adjacent to an activating group) is 1. The fourth-order valence-electron chi connectivity index (χ4n) is 5.78. The Morgan fingerprint density at radius 1 is 1.13 bits per heavy atom. The molecule has 2 amide bonds. The standard InChI is InChI=1S/C27H30ClF2N3O5/c1-2-32(17-9-5-15(6-10-17)7-12-21(34)35)27(38)25(36)24-23(28)22(20-4-3-13-33(20)24)26(37)31-16-8-11-18(29)19(30)14-16/h8,11,14-15,17H,2-7,9-10,12-13H2,1H3,(H,31,37)(H,34,35)/p+1. The summed E-state index contributed by atoms with van der Waals surface area (Å²) in [6.45, 7) is 2.67.